The molecule has 0 saturated carbocycles. The first-order valence-corrected chi connectivity index (χ1v) is 9.81. The summed E-state index contributed by atoms with van der Waals surface area (Å²) >= 11 is 0. The van der Waals surface area contributed by atoms with E-state index in [4.69, 9.17) is 10.5 Å². The van der Waals surface area contributed by atoms with Crippen LogP contribution in [0.15, 0.2) is 67.1 Å². The number of carbonyl (C=O) groups is 1. The van der Waals surface area contributed by atoms with Gasteiger partial charge in [-0.15, -0.1) is 0 Å². The first kappa shape index (κ1) is 19.8. The zero-order chi connectivity index (χ0) is 20.8. The molecular weight excluding hydrogens is 380 g/mol. The number of nitrogens with two attached hydrogens (primary N) is 1. The molecule has 1 amide bonds. The standard InChI is InChI=1S/C22H24N6O2/c23-19-3-1-2-4-20(19)26-22(29)18-7-5-17(6-8-18)15-28(21-9-10-24-16-25-21)27-11-13-30-14-12-27/h1-10,16H,11-15,23H2,(H,26,29). The summed E-state index contributed by atoms with van der Waals surface area (Å²) in [5.74, 6) is 0.633. The summed E-state index contributed by atoms with van der Waals surface area (Å²) in [5.41, 5.74) is 8.69. The highest BCUT2D eigenvalue weighted by atomic mass is 16.5. The number of anilines is 3. The molecule has 30 heavy (non-hydrogen) atoms. The van der Waals surface area contributed by atoms with Gasteiger partial charge in [0.2, 0.25) is 0 Å². The van der Waals surface area contributed by atoms with Gasteiger partial charge in [0.25, 0.3) is 5.91 Å². The van der Waals surface area contributed by atoms with E-state index in [0.29, 0.717) is 36.7 Å². The number of carbonyl (C=O) groups excluding carboxylic acids is 1. The second-order valence-electron chi connectivity index (χ2n) is 6.93. The predicted molar refractivity (Wildman–Crippen MR) is 116 cm³/mol. The number of para-hydroxylation sites is 2. The molecule has 8 nitrogen and oxygen atoms in total. The number of morpholine rings is 1. The quantitative estimate of drug-likeness (QED) is 0.610. The molecule has 1 aromatic heterocycles. The molecule has 1 aliphatic heterocycles. The average Bonchev–Trinajstić information content (AvgIpc) is 2.80. The van der Waals surface area contributed by atoms with E-state index in [2.05, 4.69) is 25.3 Å². The van der Waals surface area contributed by atoms with Gasteiger partial charge in [0.05, 0.1) is 31.1 Å². The molecule has 0 unspecified atom stereocenters. The van der Waals surface area contributed by atoms with Gasteiger partial charge in [0, 0.05) is 30.9 Å². The fourth-order valence-electron chi connectivity index (χ4n) is 3.30. The normalized spacial score (nSPS) is 14.3. The second kappa shape index (κ2) is 9.34. The number of hydrazine groups is 1. The zero-order valence-corrected chi connectivity index (χ0v) is 16.6. The number of ether oxygens (including phenoxy) is 1. The number of nitrogens with zero attached hydrogens (tertiary/aromatic N) is 4. The number of rotatable bonds is 6. The topological polar surface area (TPSA) is 96.6 Å². The van der Waals surface area contributed by atoms with E-state index in [9.17, 15) is 4.79 Å². The van der Waals surface area contributed by atoms with E-state index < -0.39 is 0 Å². The van der Waals surface area contributed by atoms with Gasteiger partial charge in [-0.2, -0.15) is 0 Å². The Hall–Kier alpha value is -3.49. The number of aromatic nitrogens is 2. The zero-order valence-electron chi connectivity index (χ0n) is 16.6. The number of amides is 1. The van der Waals surface area contributed by atoms with E-state index in [1.807, 2.05) is 42.5 Å². The number of nitrogen functional groups attached to an aromatic ring is 1. The molecule has 0 bridgehead atoms. The minimum absolute atomic E-state index is 0.194. The van der Waals surface area contributed by atoms with Crippen LogP contribution in [0.1, 0.15) is 15.9 Å². The molecule has 0 spiro atoms. The highest BCUT2D eigenvalue weighted by molar-refractivity contribution is 6.05. The van der Waals surface area contributed by atoms with Gasteiger partial charge in [-0.3, -0.25) is 9.80 Å². The summed E-state index contributed by atoms with van der Waals surface area (Å²) in [5, 5.41) is 7.21. The lowest BCUT2D eigenvalue weighted by molar-refractivity contribution is 0.0302. The number of benzene rings is 2. The van der Waals surface area contributed by atoms with Crippen molar-refractivity contribution in [1.29, 1.82) is 0 Å². The fraction of sp³-hybridized carbons (Fsp3) is 0.227. The molecule has 0 atom stereocenters. The Labute approximate surface area is 175 Å². The van der Waals surface area contributed by atoms with Crippen molar-refractivity contribution in [3.05, 3.63) is 78.2 Å². The minimum Gasteiger partial charge on any atom is -0.397 e. The Balaban J connectivity index is 1.48. The van der Waals surface area contributed by atoms with Crippen LogP contribution in [-0.4, -0.2) is 47.2 Å². The van der Waals surface area contributed by atoms with Gasteiger partial charge in [-0.05, 0) is 29.8 Å². The monoisotopic (exact) mass is 404 g/mol. The third-order valence-corrected chi connectivity index (χ3v) is 4.92. The molecule has 1 fully saturated rings. The first-order chi connectivity index (χ1) is 14.7. The predicted octanol–water partition coefficient (Wildman–Crippen LogP) is 2.56. The van der Waals surface area contributed by atoms with Crippen molar-refractivity contribution in [3.8, 4) is 0 Å². The molecule has 4 rings (SSSR count). The molecule has 1 saturated heterocycles. The van der Waals surface area contributed by atoms with Crippen molar-refractivity contribution < 1.29 is 9.53 Å². The van der Waals surface area contributed by atoms with Crippen molar-refractivity contribution in [1.82, 2.24) is 15.0 Å². The maximum absolute atomic E-state index is 12.6. The largest absolute Gasteiger partial charge is 0.397 e. The van der Waals surface area contributed by atoms with Gasteiger partial charge in [0.15, 0.2) is 0 Å². The van der Waals surface area contributed by atoms with E-state index in [0.717, 1.165) is 24.5 Å². The Kier molecular flexibility index (Phi) is 6.17. The van der Waals surface area contributed by atoms with Crippen LogP contribution in [0.5, 0.6) is 0 Å². The lowest BCUT2D eigenvalue weighted by Gasteiger charge is -2.38. The minimum atomic E-state index is -0.194. The third kappa shape index (κ3) is 4.73. The summed E-state index contributed by atoms with van der Waals surface area (Å²) in [6, 6.07) is 16.6. The van der Waals surface area contributed by atoms with Crippen LogP contribution in [0.2, 0.25) is 0 Å². The van der Waals surface area contributed by atoms with Crippen LogP contribution in [0.3, 0.4) is 0 Å². The van der Waals surface area contributed by atoms with Crippen LogP contribution in [0.25, 0.3) is 0 Å². The molecule has 1 aliphatic rings. The first-order valence-electron chi connectivity index (χ1n) is 9.81. The summed E-state index contributed by atoms with van der Waals surface area (Å²) < 4.78 is 5.48. The molecule has 3 N–H and O–H groups in total. The lowest BCUT2D eigenvalue weighted by Crippen LogP contribution is -2.49. The van der Waals surface area contributed by atoms with Gasteiger partial charge in [0.1, 0.15) is 12.1 Å². The van der Waals surface area contributed by atoms with Crippen molar-refractivity contribution in [2.75, 3.05) is 42.4 Å². The van der Waals surface area contributed by atoms with Gasteiger partial charge in [-0.1, -0.05) is 24.3 Å². The Morgan fingerprint density at radius 2 is 1.87 bits per heavy atom. The van der Waals surface area contributed by atoms with Crippen LogP contribution < -0.4 is 16.1 Å². The van der Waals surface area contributed by atoms with Crippen molar-refractivity contribution in [2.24, 2.45) is 0 Å². The van der Waals surface area contributed by atoms with Gasteiger partial charge < -0.3 is 15.8 Å². The van der Waals surface area contributed by atoms with Crippen molar-refractivity contribution in [3.63, 3.8) is 0 Å². The Morgan fingerprint density at radius 1 is 1.10 bits per heavy atom. The summed E-state index contributed by atoms with van der Waals surface area (Å²) in [6.07, 6.45) is 3.28. The van der Waals surface area contributed by atoms with E-state index in [1.165, 1.54) is 0 Å². The van der Waals surface area contributed by atoms with Crippen LogP contribution in [0.4, 0.5) is 17.2 Å². The maximum Gasteiger partial charge on any atom is 0.255 e. The van der Waals surface area contributed by atoms with E-state index in [1.54, 1.807) is 24.7 Å². The molecule has 3 aromatic rings. The van der Waals surface area contributed by atoms with E-state index >= 15 is 0 Å². The van der Waals surface area contributed by atoms with E-state index in [-0.39, 0.29) is 5.91 Å². The summed E-state index contributed by atoms with van der Waals surface area (Å²) in [7, 11) is 0. The lowest BCUT2D eigenvalue weighted by atomic mass is 10.1. The number of nitrogens with one attached hydrogen (secondary N) is 1. The number of hydrogen-bond acceptors (Lipinski definition) is 7. The summed E-state index contributed by atoms with van der Waals surface area (Å²) in [6.45, 7) is 3.59. The van der Waals surface area contributed by atoms with Crippen LogP contribution in [-0.2, 0) is 11.3 Å². The van der Waals surface area contributed by atoms with Crippen LogP contribution >= 0.6 is 0 Å². The summed E-state index contributed by atoms with van der Waals surface area (Å²) in [4.78, 5) is 21.0. The van der Waals surface area contributed by atoms with Crippen molar-refractivity contribution >= 4 is 23.1 Å². The Bertz CT molecular complexity index is 974. The highest BCUT2D eigenvalue weighted by Gasteiger charge is 2.20. The SMILES string of the molecule is Nc1ccccc1NC(=O)c1ccc(CN(c2ccncn2)N2CCOCC2)cc1. The molecule has 0 radical (unpaired) electrons. The van der Waals surface area contributed by atoms with Crippen molar-refractivity contribution in [2.45, 2.75) is 6.54 Å². The van der Waals surface area contributed by atoms with Gasteiger partial charge >= 0.3 is 0 Å². The average molecular weight is 404 g/mol. The Morgan fingerprint density at radius 3 is 2.57 bits per heavy atom. The molecule has 8 heteroatoms. The third-order valence-electron chi connectivity index (χ3n) is 4.92. The molecule has 2 heterocycles. The van der Waals surface area contributed by atoms with Crippen LogP contribution in [0, 0.1) is 0 Å². The highest BCUT2D eigenvalue weighted by Crippen LogP contribution is 2.20. The smallest absolute Gasteiger partial charge is 0.255 e. The molecule has 2 aromatic carbocycles. The fourth-order valence-corrected chi connectivity index (χ4v) is 3.30. The molecule has 154 valence electrons. The number of hydrogen-bond donors (Lipinski definition) is 2. The second-order valence-corrected chi connectivity index (χ2v) is 6.93. The molecular formula is C22H24N6O2. The molecule has 0 aliphatic carbocycles. The van der Waals surface area contributed by atoms with Gasteiger partial charge in [-0.25, -0.2) is 15.0 Å². The maximum atomic E-state index is 12.6.